The number of nitrogens with zero attached hydrogens (tertiary/aromatic N) is 1. The van der Waals surface area contributed by atoms with Gasteiger partial charge in [-0.1, -0.05) is 12.2 Å². The smallest absolute Gasteiger partial charge is 0.256 e. The van der Waals surface area contributed by atoms with E-state index in [1.165, 1.54) is 12.3 Å². The van der Waals surface area contributed by atoms with Gasteiger partial charge in [-0.15, -0.1) is 0 Å². The summed E-state index contributed by atoms with van der Waals surface area (Å²) in [5, 5.41) is 0. The Kier molecular flexibility index (Phi) is 3.29. The summed E-state index contributed by atoms with van der Waals surface area (Å²) in [4.78, 5) is 11.2. The molecule has 0 aliphatic heterocycles. The molecule has 1 aromatic rings. The van der Waals surface area contributed by atoms with Crippen molar-refractivity contribution in [2.75, 3.05) is 0 Å². The van der Waals surface area contributed by atoms with Crippen molar-refractivity contribution in [1.82, 2.24) is 4.57 Å². The topological polar surface area (TPSA) is 48.0 Å². The van der Waals surface area contributed by atoms with Gasteiger partial charge in [-0.05, 0) is 6.07 Å². The van der Waals surface area contributed by atoms with E-state index in [1.54, 1.807) is 0 Å². The standard InChI is InChI=1S/C8H8F2N2OS/c9-6(10)4-12-3-5(8(11)14)1-2-7(12)13/h1-3,6H,4H2,(H2,11,14). The molecule has 0 aliphatic carbocycles. The van der Waals surface area contributed by atoms with Crippen LogP contribution in [0.3, 0.4) is 0 Å². The number of pyridine rings is 1. The van der Waals surface area contributed by atoms with Crippen molar-refractivity contribution < 1.29 is 8.78 Å². The Labute approximate surface area is 84.1 Å². The molecule has 2 N–H and O–H groups in total. The maximum Gasteiger partial charge on any atom is 0.256 e. The lowest BCUT2D eigenvalue weighted by atomic mass is 10.3. The molecule has 0 amide bonds. The summed E-state index contributed by atoms with van der Waals surface area (Å²) >= 11 is 4.65. The summed E-state index contributed by atoms with van der Waals surface area (Å²) in [5.41, 5.74) is 5.20. The van der Waals surface area contributed by atoms with Gasteiger partial charge >= 0.3 is 0 Å². The van der Waals surface area contributed by atoms with Crippen molar-refractivity contribution in [3.8, 4) is 0 Å². The molecular weight excluding hydrogens is 210 g/mol. The van der Waals surface area contributed by atoms with Crippen LogP contribution < -0.4 is 11.3 Å². The zero-order chi connectivity index (χ0) is 10.7. The lowest BCUT2D eigenvalue weighted by Gasteiger charge is -2.06. The van der Waals surface area contributed by atoms with E-state index in [2.05, 4.69) is 12.2 Å². The highest BCUT2D eigenvalue weighted by atomic mass is 32.1. The number of hydrogen-bond acceptors (Lipinski definition) is 2. The minimum atomic E-state index is -2.57. The molecule has 3 nitrogen and oxygen atoms in total. The molecule has 0 aromatic carbocycles. The zero-order valence-electron chi connectivity index (χ0n) is 7.11. The van der Waals surface area contributed by atoms with Crippen LogP contribution in [0, 0.1) is 0 Å². The fraction of sp³-hybridized carbons (Fsp3) is 0.250. The first kappa shape index (κ1) is 10.8. The third kappa shape index (κ3) is 2.59. The van der Waals surface area contributed by atoms with E-state index in [4.69, 9.17) is 5.73 Å². The van der Waals surface area contributed by atoms with Crippen molar-refractivity contribution in [2.24, 2.45) is 5.73 Å². The van der Waals surface area contributed by atoms with Gasteiger partial charge in [0, 0.05) is 17.8 Å². The average molecular weight is 218 g/mol. The second-order valence-corrected chi connectivity index (χ2v) is 3.10. The van der Waals surface area contributed by atoms with Crippen LogP contribution in [0.1, 0.15) is 5.56 Å². The van der Waals surface area contributed by atoms with Gasteiger partial charge in [0.25, 0.3) is 12.0 Å². The quantitative estimate of drug-likeness (QED) is 0.761. The molecule has 1 heterocycles. The second kappa shape index (κ2) is 4.28. The second-order valence-electron chi connectivity index (χ2n) is 2.66. The van der Waals surface area contributed by atoms with E-state index in [9.17, 15) is 13.6 Å². The lowest BCUT2D eigenvalue weighted by Crippen LogP contribution is -2.24. The number of halogens is 2. The van der Waals surface area contributed by atoms with Crippen LogP contribution in [0.25, 0.3) is 0 Å². The van der Waals surface area contributed by atoms with E-state index < -0.39 is 18.5 Å². The van der Waals surface area contributed by atoms with Crippen LogP contribution in [0.2, 0.25) is 0 Å². The first-order valence-electron chi connectivity index (χ1n) is 3.79. The summed E-state index contributed by atoms with van der Waals surface area (Å²) in [6, 6.07) is 2.57. The van der Waals surface area contributed by atoms with E-state index in [-0.39, 0.29) is 4.99 Å². The minimum Gasteiger partial charge on any atom is -0.389 e. The fourth-order valence-corrected chi connectivity index (χ4v) is 1.09. The molecule has 0 saturated carbocycles. The van der Waals surface area contributed by atoms with Crippen molar-refractivity contribution in [2.45, 2.75) is 13.0 Å². The number of thiocarbonyl (C=S) groups is 1. The molecule has 0 fully saturated rings. The van der Waals surface area contributed by atoms with Crippen molar-refractivity contribution in [3.63, 3.8) is 0 Å². The summed E-state index contributed by atoms with van der Waals surface area (Å²) in [7, 11) is 0. The van der Waals surface area contributed by atoms with Gasteiger partial charge in [-0.2, -0.15) is 0 Å². The third-order valence-corrected chi connectivity index (χ3v) is 1.84. The number of nitrogens with two attached hydrogens (primary N) is 1. The highest BCUT2D eigenvalue weighted by Gasteiger charge is 2.06. The third-order valence-electron chi connectivity index (χ3n) is 1.60. The first-order valence-corrected chi connectivity index (χ1v) is 4.20. The van der Waals surface area contributed by atoms with Crippen LogP contribution >= 0.6 is 12.2 Å². The average Bonchev–Trinajstić information content (AvgIpc) is 2.07. The molecule has 0 aliphatic rings. The number of aromatic nitrogens is 1. The molecule has 0 atom stereocenters. The number of hydrogen-bond donors (Lipinski definition) is 1. The highest BCUT2D eigenvalue weighted by Crippen LogP contribution is 1.99. The molecule has 76 valence electrons. The van der Waals surface area contributed by atoms with Gasteiger partial charge in [0.15, 0.2) is 0 Å². The summed E-state index contributed by atoms with van der Waals surface area (Å²) in [5.74, 6) is 0. The summed E-state index contributed by atoms with van der Waals surface area (Å²) in [6.45, 7) is -0.644. The monoisotopic (exact) mass is 218 g/mol. The predicted octanol–water partition coefficient (Wildman–Crippen LogP) is 0.748. The Balaban J connectivity index is 3.08. The Morgan fingerprint density at radius 3 is 2.71 bits per heavy atom. The van der Waals surface area contributed by atoms with Gasteiger partial charge < -0.3 is 10.3 Å². The summed E-state index contributed by atoms with van der Waals surface area (Å²) < 4.78 is 24.9. The van der Waals surface area contributed by atoms with E-state index in [1.807, 2.05) is 0 Å². The largest absolute Gasteiger partial charge is 0.389 e. The summed E-state index contributed by atoms with van der Waals surface area (Å²) in [6.07, 6.45) is -1.34. The van der Waals surface area contributed by atoms with Crippen LogP contribution in [0.5, 0.6) is 0 Å². The number of rotatable bonds is 3. The molecule has 0 unspecified atom stereocenters. The van der Waals surface area contributed by atoms with Gasteiger partial charge in [0.2, 0.25) is 0 Å². The Hall–Kier alpha value is -1.30. The van der Waals surface area contributed by atoms with Crippen LogP contribution in [-0.4, -0.2) is 16.0 Å². The molecule has 6 heteroatoms. The maximum atomic E-state index is 12.0. The van der Waals surface area contributed by atoms with Crippen LogP contribution in [0.4, 0.5) is 8.78 Å². The molecule has 1 aromatic heterocycles. The van der Waals surface area contributed by atoms with Crippen LogP contribution in [0.15, 0.2) is 23.1 Å². The zero-order valence-corrected chi connectivity index (χ0v) is 7.93. The molecule has 0 bridgehead atoms. The van der Waals surface area contributed by atoms with Crippen molar-refractivity contribution in [1.29, 1.82) is 0 Å². The van der Waals surface area contributed by atoms with E-state index >= 15 is 0 Å². The SMILES string of the molecule is NC(=S)c1ccc(=O)n(CC(F)F)c1. The minimum absolute atomic E-state index is 0.0769. The fourth-order valence-electron chi connectivity index (χ4n) is 0.968. The predicted molar refractivity (Wildman–Crippen MR) is 52.6 cm³/mol. The van der Waals surface area contributed by atoms with E-state index in [0.717, 1.165) is 10.6 Å². The highest BCUT2D eigenvalue weighted by molar-refractivity contribution is 7.80. The molecule has 0 saturated heterocycles. The van der Waals surface area contributed by atoms with Gasteiger partial charge in [0.1, 0.15) is 4.99 Å². The van der Waals surface area contributed by atoms with Gasteiger partial charge in [-0.3, -0.25) is 4.79 Å². The van der Waals surface area contributed by atoms with Gasteiger partial charge in [-0.25, -0.2) is 8.78 Å². The molecule has 0 radical (unpaired) electrons. The Morgan fingerprint density at radius 1 is 1.57 bits per heavy atom. The first-order chi connectivity index (χ1) is 6.50. The van der Waals surface area contributed by atoms with Crippen molar-refractivity contribution >= 4 is 17.2 Å². The maximum absolute atomic E-state index is 12.0. The molecule has 0 spiro atoms. The van der Waals surface area contributed by atoms with Crippen molar-refractivity contribution in [3.05, 3.63) is 34.2 Å². The Bertz CT molecular complexity index is 403. The molecule has 1 rings (SSSR count). The number of alkyl halides is 2. The van der Waals surface area contributed by atoms with E-state index in [0.29, 0.717) is 5.56 Å². The van der Waals surface area contributed by atoms with Crippen LogP contribution in [-0.2, 0) is 6.54 Å². The molecular formula is C8H8F2N2OS. The van der Waals surface area contributed by atoms with Gasteiger partial charge in [0.05, 0.1) is 6.54 Å². The normalized spacial score (nSPS) is 10.5. The Morgan fingerprint density at radius 2 is 2.21 bits per heavy atom. The lowest BCUT2D eigenvalue weighted by molar-refractivity contribution is 0.125. The molecule has 14 heavy (non-hydrogen) atoms.